The number of rotatable bonds is 7. The highest BCUT2D eigenvalue weighted by Gasteiger charge is 2.16. The van der Waals surface area contributed by atoms with Crippen LogP contribution in [0.4, 0.5) is 17.1 Å². The first-order valence-electron chi connectivity index (χ1n) is 9.95. The summed E-state index contributed by atoms with van der Waals surface area (Å²) in [5.74, 6) is -0.0860. The molecule has 0 unspecified atom stereocenters. The molecule has 0 aliphatic rings. The van der Waals surface area contributed by atoms with Crippen LogP contribution in [0.25, 0.3) is 0 Å². The third-order valence-corrected chi connectivity index (χ3v) is 4.17. The number of phenolic OH excluding ortho intramolecular Hbond substituents is 1. The number of nitrogens with one attached hydrogen (secondary N) is 3. The van der Waals surface area contributed by atoms with Gasteiger partial charge in [-0.25, -0.2) is 0 Å². The Bertz CT molecular complexity index is 1090. The molecule has 0 fully saturated rings. The fourth-order valence-corrected chi connectivity index (χ4v) is 2.89. The van der Waals surface area contributed by atoms with Crippen LogP contribution < -0.4 is 25.4 Å². The summed E-state index contributed by atoms with van der Waals surface area (Å²) in [5, 5.41) is 18.7. The molecule has 0 aliphatic carbocycles. The van der Waals surface area contributed by atoms with E-state index in [1.807, 2.05) is 0 Å². The van der Waals surface area contributed by atoms with Crippen LogP contribution in [0.15, 0.2) is 60.7 Å². The van der Waals surface area contributed by atoms with Crippen molar-refractivity contribution >= 4 is 34.8 Å². The van der Waals surface area contributed by atoms with Crippen LogP contribution in [0, 0.1) is 0 Å². The summed E-state index contributed by atoms with van der Waals surface area (Å²) in [5.41, 5.74) is 1.55. The third kappa shape index (κ3) is 6.73. The molecular weight excluding hydrogens is 426 g/mol. The third-order valence-electron chi connectivity index (χ3n) is 4.17. The molecule has 4 N–H and O–H groups in total. The Morgan fingerprint density at radius 2 is 0.939 bits per heavy atom. The summed E-state index contributed by atoms with van der Waals surface area (Å²) >= 11 is 0. The van der Waals surface area contributed by atoms with Gasteiger partial charge in [-0.05, 0) is 48.5 Å². The smallest absolute Gasteiger partial charge is 0.221 e. The SMILES string of the molecule is CC(=O)Nc1ccc(Oc2cc(NC(C)=O)cc(Oc3ccc(NC(C)=O)cc3)c2O)cc1. The van der Waals surface area contributed by atoms with E-state index in [1.54, 1.807) is 48.5 Å². The first kappa shape index (κ1) is 23.1. The Kier molecular flexibility index (Phi) is 7.14. The zero-order valence-electron chi connectivity index (χ0n) is 18.3. The van der Waals surface area contributed by atoms with E-state index < -0.39 is 0 Å². The average molecular weight is 449 g/mol. The van der Waals surface area contributed by atoms with E-state index in [1.165, 1.54) is 32.9 Å². The Hall–Kier alpha value is -4.53. The van der Waals surface area contributed by atoms with Crippen molar-refractivity contribution in [2.75, 3.05) is 16.0 Å². The Balaban J connectivity index is 1.87. The molecule has 0 atom stereocenters. The maximum Gasteiger partial charge on any atom is 0.221 e. The lowest BCUT2D eigenvalue weighted by Crippen LogP contribution is -2.06. The second kappa shape index (κ2) is 10.2. The van der Waals surface area contributed by atoms with Gasteiger partial charge >= 0.3 is 0 Å². The Labute approximate surface area is 190 Å². The number of amides is 3. The van der Waals surface area contributed by atoms with E-state index in [-0.39, 0.29) is 35.0 Å². The largest absolute Gasteiger partial charge is 0.502 e. The maximum absolute atomic E-state index is 11.6. The summed E-state index contributed by atoms with van der Waals surface area (Å²) in [6.45, 7) is 4.17. The van der Waals surface area contributed by atoms with Gasteiger partial charge in [0.1, 0.15) is 11.5 Å². The normalized spacial score (nSPS) is 10.2. The van der Waals surface area contributed by atoms with Gasteiger partial charge in [-0.15, -0.1) is 0 Å². The predicted octanol–water partition coefficient (Wildman–Crippen LogP) is 4.85. The molecule has 0 saturated carbocycles. The first-order valence-corrected chi connectivity index (χ1v) is 9.95. The molecule has 3 amide bonds. The zero-order chi connectivity index (χ0) is 24.0. The van der Waals surface area contributed by atoms with Gasteiger partial charge in [-0.1, -0.05) is 0 Å². The second-order valence-electron chi connectivity index (χ2n) is 7.12. The molecular formula is C24H23N3O6. The minimum atomic E-state index is -0.308. The molecule has 0 radical (unpaired) electrons. The lowest BCUT2D eigenvalue weighted by atomic mass is 10.2. The molecule has 0 spiro atoms. The summed E-state index contributed by atoms with van der Waals surface area (Å²) in [7, 11) is 0. The number of benzene rings is 3. The molecule has 0 heterocycles. The minimum Gasteiger partial charge on any atom is -0.502 e. The van der Waals surface area contributed by atoms with Gasteiger partial charge in [0, 0.05) is 50.0 Å². The van der Waals surface area contributed by atoms with Crippen molar-refractivity contribution in [1.82, 2.24) is 0 Å². The van der Waals surface area contributed by atoms with Crippen LogP contribution in [0.1, 0.15) is 20.8 Å². The van der Waals surface area contributed by atoms with Crippen LogP contribution >= 0.6 is 0 Å². The van der Waals surface area contributed by atoms with Crippen LogP contribution in [0.3, 0.4) is 0 Å². The van der Waals surface area contributed by atoms with E-state index in [0.29, 0.717) is 28.6 Å². The standard InChI is InChI=1S/C24H23N3O6/c1-14(28)25-17-4-8-20(9-5-17)32-22-12-19(27-16(3)30)13-23(24(22)31)33-21-10-6-18(7-11-21)26-15(2)29/h4-13,31H,1-3H3,(H,25,28)(H,26,29)(H,27,30). The predicted molar refractivity (Wildman–Crippen MR) is 124 cm³/mol. The highest BCUT2D eigenvalue weighted by atomic mass is 16.5. The molecule has 0 aliphatic heterocycles. The van der Waals surface area contributed by atoms with Gasteiger partial charge < -0.3 is 30.5 Å². The van der Waals surface area contributed by atoms with Crippen LogP contribution in [0.2, 0.25) is 0 Å². The van der Waals surface area contributed by atoms with Gasteiger partial charge in [0.25, 0.3) is 0 Å². The van der Waals surface area contributed by atoms with Crippen LogP contribution in [-0.2, 0) is 14.4 Å². The minimum absolute atomic E-state index is 0.0541. The number of hydrogen-bond donors (Lipinski definition) is 4. The van der Waals surface area contributed by atoms with Crippen LogP contribution in [0.5, 0.6) is 28.7 Å². The van der Waals surface area contributed by atoms with E-state index in [2.05, 4.69) is 16.0 Å². The van der Waals surface area contributed by atoms with E-state index in [4.69, 9.17) is 9.47 Å². The van der Waals surface area contributed by atoms with E-state index >= 15 is 0 Å². The van der Waals surface area contributed by atoms with Crippen molar-refractivity contribution in [1.29, 1.82) is 0 Å². The number of carbonyl (C=O) groups is 3. The molecule has 3 aromatic rings. The number of hydrogen-bond acceptors (Lipinski definition) is 6. The Morgan fingerprint density at radius 1 is 0.606 bits per heavy atom. The van der Waals surface area contributed by atoms with Crippen molar-refractivity contribution in [3.8, 4) is 28.7 Å². The maximum atomic E-state index is 11.6. The molecule has 33 heavy (non-hydrogen) atoms. The van der Waals surface area contributed by atoms with Crippen molar-refractivity contribution in [2.45, 2.75) is 20.8 Å². The van der Waals surface area contributed by atoms with Crippen LogP contribution in [-0.4, -0.2) is 22.8 Å². The van der Waals surface area contributed by atoms with Crippen molar-refractivity contribution in [3.63, 3.8) is 0 Å². The van der Waals surface area contributed by atoms with Gasteiger partial charge in [-0.2, -0.15) is 0 Å². The number of phenols is 1. The number of anilines is 3. The topological polar surface area (TPSA) is 126 Å². The molecule has 0 saturated heterocycles. The quantitative estimate of drug-likeness (QED) is 0.382. The number of carbonyl (C=O) groups excluding carboxylic acids is 3. The first-order chi connectivity index (χ1) is 15.7. The molecule has 3 aromatic carbocycles. The zero-order valence-corrected chi connectivity index (χ0v) is 18.3. The van der Waals surface area contributed by atoms with Gasteiger partial charge in [0.15, 0.2) is 11.5 Å². The summed E-state index contributed by atoms with van der Waals surface area (Å²) in [4.78, 5) is 33.9. The Morgan fingerprint density at radius 3 is 1.27 bits per heavy atom. The average Bonchev–Trinajstić information content (AvgIpc) is 2.73. The fourth-order valence-electron chi connectivity index (χ4n) is 2.89. The van der Waals surface area contributed by atoms with Gasteiger partial charge in [0.05, 0.1) is 0 Å². The number of ether oxygens (including phenoxy) is 2. The molecule has 170 valence electrons. The van der Waals surface area contributed by atoms with Gasteiger partial charge in [0.2, 0.25) is 23.5 Å². The summed E-state index contributed by atoms with van der Waals surface area (Å²) in [6, 6.07) is 16.0. The summed E-state index contributed by atoms with van der Waals surface area (Å²) < 4.78 is 11.6. The molecule has 9 nitrogen and oxygen atoms in total. The molecule has 0 aromatic heterocycles. The second-order valence-corrected chi connectivity index (χ2v) is 7.12. The highest BCUT2D eigenvalue weighted by molar-refractivity contribution is 5.90. The van der Waals surface area contributed by atoms with Crippen molar-refractivity contribution in [3.05, 3.63) is 60.7 Å². The van der Waals surface area contributed by atoms with E-state index in [0.717, 1.165) is 0 Å². The molecule has 3 rings (SSSR count). The monoisotopic (exact) mass is 449 g/mol. The summed E-state index contributed by atoms with van der Waals surface area (Å²) in [6.07, 6.45) is 0. The molecule has 0 bridgehead atoms. The van der Waals surface area contributed by atoms with E-state index in [9.17, 15) is 19.5 Å². The van der Waals surface area contributed by atoms with Gasteiger partial charge in [-0.3, -0.25) is 14.4 Å². The lowest BCUT2D eigenvalue weighted by Gasteiger charge is -2.15. The van der Waals surface area contributed by atoms with Crippen molar-refractivity contribution in [2.24, 2.45) is 0 Å². The number of aromatic hydroxyl groups is 1. The fraction of sp³-hybridized carbons (Fsp3) is 0.125. The highest BCUT2D eigenvalue weighted by Crippen LogP contribution is 2.43. The molecule has 9 heteroatoms. The van der Waals surface area contributed by atoms with Crippen molar-refractivity contribution < 1.29 is 29.0 Å². The lowest BCUT2D eigenvalue weighted by molar-refractivity contribution is -0.115.